The van der Waals surface area contributed by atoms with Crippen LogP contribution in [0.4, 0.5) is 0 Å². The molecule has 24 heavy (non-hydrogen) atoms. The van der Waals surface area contributed by atoms with Gasteiger partial charge < -0.3 is 10.0 Å². The zero-order valence-corrected chi connectivity index (χ0v) is 13.9. The number of hydrogen-bond donors (Lipinski definition) is 1. The third kappa shape index (κ3) is 2.62. The van der Waals surface area contributed by atoms with Crippen molar-refractivity contribution in [1.82, 2.24) is 24.5 Å². The largest absolute Gasteiger partial charge is 0.380 e. The fraction of sp³-hybridized carbons (Fsp3) is 0.588. The Kier molecular flexibility index (Phi) is 3.88. The molecule has 0 radical (unpaired) electrons. The van der Waals surface area contributed by atoms with E-state index in [4.69, 9.17) is 0 Å². The van der Waals surface area contributed by atoms with Crippen molar-refractivity contribution >= 4 is 5.91 Å². The van der Waals surface area contributed by atoms with E-state index in [9.17, 15) is 9.90 Å². The van der Waals surface area contributed by atoms with Gasteiger partial charge in [-0.05, 0) is 31.4 Å². The number of hydrogen-bond acceptors (Lipinski definition) is 4. The summed E-state index contributed by atoms with van der Waals surface area (Å²) < 4.78 is 3.59. The van der Waals surface area contributed by atoms with Gasteiger partial charge in [0, 0.05) is 32.3 Å². The Morgan fingerprint density at radius 1 is 1.33 bits per heavy atom. The molecule has 1 fully saturated rings. The fourth-order valence-electron chi connectivity index (χ4n) is 3.52. The molecular formula is C17H23N5O2. The first kappa shape index (κ1) is 15.4. The highest BCUT2D eigenvalue weighted by atomic mass is 16.3. The van der Waals surface area contributed by atoms with Crippen LogP contribution in [-0.2, 0) is 24.9 Å². The van der Waals surface area contributed by atoms with Gasteiger partial charge in [0.15, 0.2) is 0 Å². The minimum absolute atomic E-state index is 0.221. The Morgan fingerprint density at radius 3 is 2.83 bits per heavy atom. The van der Waals surface area contributed by atoms with Gasteiger partial charge in [-0.15, -0.1) is 0 Å². The van der Waals surface area contributed by atoms with Crippen molar-refractivity contribution in [2.75, 3.05) is 6.54 Å². The van der Waals surface area contributed by atoms with Gasteiger partial charge in [0.2, 0.25) is 5.91 Å². The van der Waals surface area contributed by atoms with E-state index in [-0.39, 0.29) is 11.8 Å². The van der Waals surface area contributed by atoms with Crippen LogP contribution in [0.1, 0.15) is 48.9 Å². The topological polar surface area (TPSA) is 76.2 Å². The molecular weight excluding hydrogens is 306 g/mol. The van der Waals surface area contributed by atoms with Crippen molar-refractivity contribution in [3.05, 3.63) is 35.4 Å². The smallest absolute Gasteiger partial charge is 0.226 e. The van der Waals surface area contributed by atoms with Crippen molar-refractivity contribution < 1.29 is 9.90 Å². The lowest BCUT2D eigenvalue weighted by atomic mass is 9.84. The third-order valence-electron chi connectivity index (χ3n) is 5.22. The number of aliphatic hydroxyl groups is 1. The van der Waals surface area contributed by atoms with E-state index in [0.717, 1.165) is 38.0 Å². The van der Waals surface area contributed by atoms with E-state index in [2.05, 4.69) is 10.2 Å². The van der Waals surface area contributed by atoms with Crippen LogP contribution < -0.4 is 0 Å². The molecule has 0 spiro atoms. The van der Waals surface area contributed by atoms with Crippen molar-refractivity contribution in [2.45, 2.75) is 44.9 Å². The van der Waals surface area contributed by atoms with Gasteiger partial charge in [-0.2, -0.15) is 10.2 Å². The molecule has 1 saturated carbocycles. The van der Waals surface area contributed by atoms with E-state index in [1.807, 2.05) is 15.6 Å². The van der Waals surface area contributed by atoms with Crippen LogP contribution in [0, 0.1) is 5.92 Å². The van der Waals surface area contributed by atoms with Gasteiger partial charge in [-0.3, -0.25) is 14.2 Å². The molecule has 1 N–H and O–H groups in total. The highest BCUT2D eigenvalue weighted by Gasteiger charge is 2.31. The van der Waals surface area contributed by atoms with Gasteiger partial charge in [0.25, 0.3) is 0 Å². The predicted molar refractivity (Wildman–Crippen MR) is 86.9 cm³/mol. The number of aliphatic hydroxyl groups excluding tert-OH is 1. The second-order valence-corrected chi connectivity index (χ2v) is 6.81. The van der Waals surface area contributed by atoms with Crippen LogP contribution in [0.5, 0.6) is 0 Å². The first-order chi connectivity index (χ1) is 11.6. The Morgan fingerprint density at radius 2 is 2.17 bits per heavy atom. The molecule has 2 aromatic rings. The van der Waals surface area contributed by atoms with Gasteiger partial charge >= 0.3 is 0 Å². The minimum atomic E-state index is -0.798. The monoisotopic (exact) mass is 329 g/mol. The van der Waals surface area contributed by atoms with E-state index >= 15 is 0 Å². The lowest BCUT2D eigenvalue weighted by Gasteiger charge is -2.30. The average Bonchev–Trinajstić information content (AvgIpc) is 3.06. The van der Waals surface area contributed by atoms with Gasteiger partial charge in [0.1, 0.15) is 6.10 Å². The molecule has 2 aromatic heterocycles. The normalized spacial score (nSPS) is 19.5. The zero-order chi connectivity index (χ0) is 16.7. The van der Waals surface area contributed by atoms with Gasteiger partial charge in [0.05, 0.1) is 23.6 Å². The Labute approximate surface area is 140 Å². The number of amides is 1. The van der Waals surface area contributed by atoms with Crippen molar-refractivity contribution in [1.29, 1.82) is 0 Å². The molecule has 1 atom stereocenters. The molecule has 0 aromatic carbocycles. The minimum Gasteiger partial charge on any atom is -0.380 e. The van der Waals surface area contributed by atoms with Crippen molar-refractivity contribution in [3.63, 3.8) is 0 Å². The summed E-state index contributed by atoms with van der Waals surface area (Å²) in [4.78, 5) is 14.5. The summed E-state index contributed by atoms with van der Waals surface area (Å²) in [5, 5.41) is 19.2. The molecule has 1 aliphatic carbocycles. The lowest BCUT2D eigenvalue weighted by molar-refractivity contribution is -0.138. The van der Waals surface area contributed by atoms with E-state index in [1.165, 1.54) is 6.42 Å². The number of rotatable bonds is 3. The molecule has 1 unspecified atom stereocenters. The maximum absolute atomic E-state index is 12.6. The number of aromatic nitrogens is 4. The van der Waals surface area contributed by atoms with Gasteiger partial charge in [-0.25, -0.2) is 0 Å². The fourth-order valence-corrected chi connectivity index (χ4v) is 3.52. The first-order valence-corrected chi connectivity index (χ1v) is 8.65. The summed E-state index contributed by atoms with van der Waals surface area (Å²) in [5.41, 5.74) is 2.33. The first-order valence-electron chi connectivity index (χ1n) is 8.65. The molecule has 128 valence electrons. The molecule has 7 nitrogen and oxygen atoms in total. The summed E-state index contributed by atoms with van der Waals surface area (Å²) >= 11 is 0. The number of carbonyl (C=O) groups is 1. The van der Waals surface area contributed by atoms with Crippen LogP contribution >= 0.6 is 0 Å². The molecule has 2 aliphatic rings. The van der Waals surface area contributed by atoms with Crippen LogP contribution in [0.2, 0.25) is 0 Å². The SMILES string of the molecule is Cn1nccc1C(O)c1cc2n(n1)CCCN(C(=O)C1CCC1)C2. The van der Waals surface area contributed by atoms with E-state index in [0.29, 0.717) is 17.9 Å². The zero-order valence-electron chi connectivity index (χ0n) is 13.9. The molecule has 3 heterocycles. The molecule has 7 heteroatoms. The quantitative estimate of drug-likeness (QED) is 0.919. The van der Waals surface area contributed by atoms with Crippen LogP contribution in [0.3, 0.4) is 0 Å². The van der Waals surface area contributed by atoms with Crippen LogP contribution in [0.25, 0.3) is 0 Å². The van der Waals surface area contributed by atoms with Gasteiger partial charge in [-0.1, -0.05) is 6.42 Å². The Balaban J connectivity index is 1.55. The maximum atomic E-state index is 12.6. The van der Waals surface area contributed by atoms with E-state index < -0.39 is 6.10 Å². The highest BCUT2D eigenvalue weighted by Crippen LogP contribution is 2.30. The summed E-state index contributed by atoms with van der Waals surface area (Å²) in [5.74, 6) is 0.503. The molecule has 1 amide bonds. The van der Waals surface area contributed by atoms with Crippen molar-refractivity contribution in [2.24, 2.45) is 13.0 Å². The maximum Gasteiger partial charge on any atom is 0.226 e. The lowest BCUT2D eigenvalue weighted by Crippen LogP contribution is -2.38. The van der Waals surface area contributed by atoms with E-state index in [1.54, 1.807) is 24.0 Å². The van der Waals surface area contributed by atoms with Crippen LogP contribution in [0.15, 0.2) is 18.3 Å². The second kappa shape index (κ2) is 6.05. The summed E-state index contributed by atoms with van der Waals surface area (Å²) in [6, 6.07) is 3.71. The summed E-state index contributed by atoms with van der Waals surface area (Å²) in [6.45, 7) is 2.15. The summed E-state index contributed by atoms with van der Waals surface area (Å²) in [6.07, 6.45) is 4.99. The number of nitrogens with zero attached hydrogens (tertiary/aromatic N) is 5. The Hall–Kier alpha value is -2.15. The number of carbonyl (C=O) groups excluding carboxylic acids is 1. The van der Waals surface area contributed by atoms with Crippen LogP contribution in [-0.4, -0.2) is 42.0 Å². The number of aryl methyl sites for hydroxylation is 2. The molecule has 0 saturated heterocycles. The third-order valence-corrected chi connectivity index (χ3v) is 5.22. The number of fused-ring (bicyclic) bond motifs is 1. The predicted octanol–water partition coefficient (Wildman–Crippen LogP) is 1.23. The van der Waals surface area contributed by atoms with Crippen molar-refractivity contribution in [3.8, 4) is 0 Å². The second-order valence-electron chi connectivity index (χ2n) is 6.81. The Bertz CT molecular complexity index is 746. The average molecular weight is 329 g/mol. The molecule has 0 bridgehead atoms. The summed E-state index contributed by atoms with van der Waals surface area (Å²) in [7, 11) is 1.80. The highest BCUT2D eigenvalue weighted by molar-refractivity contribution is 5.79. The molecule has 1 aliphatic heterocycles. The standard InChI is InChI=1S/C17H23N5O2/c1-20-15(6-7-18-20)16(23)14-10-13-11-21(8-3-9-22(13)19-14)17(24)12-4-2-5-12/h6-7,10,12,16,23H,2-5,8-9,11H2,1H3. The molecule has 4 rings (SSSR count).